The van der Waals surface area contributed by atoms with Crippen LogP contribution in [0.15, 0.2) is 29.6 Å². The molecule has 2 aromatic rings. The summed E-state index contributed by atoms with van der Waals surface area (Å²) in [6.07, 6.45) is 2.05. The fourth-order valence-corrected chi connectivity index (χ4v) is 2.78. The quantitative estimate of drug-likeness (QED) is 0.893. The van der Waals surface area contributed by atoms with Crippen molar-refractivity contribution < 1.29 is 0 Å². The minimum Gasteiger partial charge on any atom is -0.316 e. The molecule has 0 saturated heterocycles. The van der Waals surface area contributed by atoms with E-state index in [0.29, 0.717) is 6.04 Å². The Balaban J connectivity index is 2.01. The van der Waals surface area contributed by atoms with Gasteiger partial charge in [-0.2, -0.15) is 0 Å². The van der Waals surface area contributed by atoms with E-state index in [9.17, 15) is 0 Å². The Bertz CT molecular complexity index is 505. The van der Waals surface area contributed by atoms with E-state index in [2.05, 4.69) is 53.8 Å². The van der Waals surface area contributed by atoms with Gasteiger partial charge in [0.15, 0.2) is 0 Å². The van der Waals surface area contributed by atoms with Gasteiger partial charge in [-0.25, -0.2) is 4.98 Å². The highest BCUT2D eigenvalue weighted by atomic mass is 32.1. The van der Waals surface area contributed by atoms with Crippen LogP contribution >= 0.6 is 11.3 Å². The molecular formula is C15H20N2S. The lowest BCUT2D eigenvalue weighted by molar-refractivity contribution is 0.551. The molecule has 3 heteroatoms. The molecule has 0 aliphatic carbocycles. The minimum absolute atomic E-state index is 0.452. The number of likely N-dealkylation sites (N-methyl/N-ethyl adjacent to an activating group) is 1. The van der Waals surface area contributed by atoms with E-state index >= 15 is 0 Å². The van der Waals surface area contributed by atoms with Gasteiger partial charge in [0.25, 0.3) is 0 Å². The van der Waals surface area contributed by atoms with Crippen molar-refractivity contribution in [3.8, 4) is 0 Å². The average molecular weight is 260 g/mol. The van der Waals surface area contributed by atoms with Crippen LogP contribution in [0.1, 0.15) is 21.8 Å². The average Bonchev–Trinajstić information content (AvgIpc) is 2.74. The summed E-state index contributed by atoms with van der Waals surface area (Å²) in [5.41, 5.74) is 3.91. The van der Waals surface area contributed by atoms with Crippen molar-refractivity contribution in [2.24, 2.45) is 0 Å². The smallest absolute Gasteiger partial charge is 0.0897 e. The summed E-state index contributed by atoms with van der Waals surface area (Å²) in [7, 11) is 2.03. The van der Waals surface area contributed by atoms with E-state index in [-0.39, 0.29) is 0 Å². The lowest BCUT2D eigenvalue weighted by Crippen LogP contribution is -2.30. The van der Waals surface area contributed by atoms with Crippen LogP contribution in [0.2, 0.25) is 0 Å². The normalized spacial score (nSPS) is 12.6. The third-order valence-corrected chi connectivity index (χ3v) is 3.92. The van der Waals surface area contributed by atoms with Crippen LogP contribution in [0.4, 0.5) is 0 Å². The van der Waals surface area contributed by atoms with Crippen LogP contribution in [0.5, 0.6) is 0 Å². The number of aryl methyl sites for hydroxylation is 2. The van der Waals surface area contributed by atoms with Gasteiger partial charge in [0.1, 0.15) is 0 Å². The molecule has 0 bridgehead atoms. The molecule has 2 nitrogen and oxygen atoms in total. The van der Waals surface area contributed by atoms with E-state index < -0.39 is 0 Å². The van der Waals surface area contributed by atoms with Crippen molar-refractivity contribution in [3.63, 3.8) is 0 Å². The van der Waals surface area contributed by atoms with Gasteiger partial charge in [-0.15, -0.1) is 11.3 Å². The van der Waals surface area contributed by atoms with Crippen molar-refractivity contribution in [1.29, 1.82) is 0 Å². The molecule has 0 spiro atoms. The summed E-state index contributed by atoms with van der Waals surface area (Å²) in [6, 6.07) is 9.18. The summed E-state index contributed by atoms with van der Waals surface area (Å²) in [4.78, 5) is 4.54. The van der Waals surface area contributed by atoms with E-state index in [1.807, 2.05) is 7.05 Å². The number of aromatic nitrogens is 1. The molecule has 1 heterocycles. The first-order valence-corrected chi connectivity index (χ1v) is 7.19. The second kappa shape index (κ2) is 6.12. The molecule has 0 amide bonds. The molecule has 0 aliphatic heterocycles. The predicted molar refractivity (Wildman–Crippen MR) is 78.3 cm³/mol. The maximum absolute atomic E-state index is 4.54. The van der Waals surface area contributed by atoms with E-state index in [4.69, 9.17) is 0 Å². The molecular weight excluding hydrogens is 240 g/mol. The first kappa shape index (κ1) is 13.2. The Hall–Kier alpha value is -1.19. The number of rotatable bonds is 5. The number of hydrogen-bond donors (Lipinski definition) is 1. The summed E-state index contributed by atoms with van der Waals surface area (Å²) < 4.78 is 0. The van der Waals surface area contributed by atoms with Gasteiger partial charge < -0.3 is 5.32 Å². The van der Waals surface area contributed by atoms with Gasteiger partial charge in [0.2, 0.25) is 0 Å². The van der Waals surface area contributed by atoms with Gasteiger partial charge in [-0.1, -0.05) is 29.8 Å². The van der Waals surface area contributed by atoms with Crippen LogP contribution in [0.3, 0.4) is 0 Å². The topological polar surface area (TPSA) is 24.9 Å². The van der Waals surface area contributed by atoms with Crippen LogP contribution in [0.25, 0.3) is 0 Å². The number of thiazole rings is 1. The zero-order valence-electron chi connectivity index (χ0n) is 11.2. The molecule has 1 atom stereocenters. The Kier molecular flexibility index (Phi) is 4.50. The zero-order chi connectivity index (χ0) is 13.0. The summed E-state index contributed by atoms with van der Waals surface area (Å²) in [6.45, 7) is 4.20. The highest BCUT2D eigenvalue weighted by Crippen LogP contribution is 2.13. The fraction of sp³-hybridized carbons (Fsp3) is 0.400. The molecule has 0 radical (unpaired) electrons. The summed E-state index contributed by atoms with van der Waals surface area (Å²) in [5.74, 6) is 0. The number of benzene rings is 1. The molecule has 1 aromatic heterocycles. The Morgan fingerprint density at radius 2 is 2.11 bits per heavy atom. The van der Waals surface area contributed by atoms with Crippen LogP contribution < -0.4 is 5.32 Å². The fourth-order valence-electron chi connectivity index (χ4n) is 2.15. The first-order chi connectivity index (χ1) is 8.67. The van der Waals surface area contributed by atoms with E-state index in [0.717, 1.165) is 17.8 Å². The zero-order valence-corrected chi connectivity index (χ0v) is 12.1. The van der Waals surface area contributed by atoms with Crippen LogP contribution in [-0.4, -0.2) is 18.1 Å². The molecule has 2 rings (SSSR count). The van der Waals surface area contributed by atoms with E-state index in [1.54, 1.807) is 11.3 Å². The highest BCUT2D eigenvalue weighted by Gasteiger charge is 2.10. The second-order valence-electron chi connectivity index (χ2n) is 4.74. The molecule has 1 N–H and O–H groups in total. The summed E-state index contributed by atoms with van der Waals surface area (Å²) >= 11 is 1.73. The lowest BCUT2D eigenvalue weighted by atomic mass is 10.0. The second-order valence-corrected chi connectivity index (χ2v) is 5.80. The molecule has 18 heavy (non-hydrogen) atoms. The van der Waals surface area contributed by atoms with Crippen molar-refractivity contribution in [1.82, 2.24) is 10.3 Å². The van der Waals surface area contributed by atoms with Gasteiger partial charge in [-0.3, -0.25) is 0 Å². The third kappa shape index (κ3) is 3.65. The maximum atomic E-state index is 4.54. The predicted octanol–water partition coefficient (Wildman–Crippen LogP) is 3.13. The number of hydrogen-bond acceptors (Lipinski definition) is 3. The lowest BCUT2D eigenvalue weighted by Gasteiger charge is -2.15. The maximum Gasteiger partial charge on any atom is 0.0897 e. The molecule has 0 aliphatic rings. The van der Waals surface area contributed by atoms with Crippen LogP contribution in [0, 0.1) is 13.8 Å². The van der Waals surface area contributed by atoms with Gasteiger partial charge in [0.05, 0.1) is 10.7 Å². The van der Waals surface area contributed by atoms with E-state index in [1.165, 1.54) is 16.8 Å². The molecule has 1 unspecified atom stereocenters. The van der Waals surface area contributed by atoms with Crippen LogP contribution in [-0.2, 0) is 12.8 Å². The van der Waals surface area contributed by atoms with Crippen molar-refractivity contribution in [2.75, 3.05) is 7.05 Å². The molecule has 0 saturated carbocycles. The Morgan fingerprint density at radius 3 is 2.72 bits per heavy atom. The Morgan fingerprint density at radius 1 is 1.28 bits per heavy atom. The van der Waals surface area contributed by atoms with Gasteiger partial charge >= 0.3 is 0 Å². The Labute approximate surface area is 113 Å². The number of nitrogens with zero attached hydrogens (tertiary/aromatic N) is 1. The monoisotopic (exact) mass is 260 g/mol. The van der Waals surface area contributed by atoms with Gasteiger partial charge in [-0.05, 0) is 32.9 Å². The number of nitrogens with one attached hydrogen (secondary N) is 1. The van der Waals surface area contributed by atoms with Crippen molar-refractivity contribution in [3.05, 3.63) is 51.5 Å². The third-order valence-electron chi connectivity index (χ3n) is 3.09. The highest BCUT2D eigenvalue weighted by molar-refractivity contribution is 7.09. The molecule has 96 valence electrons. The van der Waals surface area contributed by atoms with Gasteiger partial charge in [0, 0.05) is 17.8 Å². The SMILES string of the molecule is CNC(Cc1cccc(C)c1)Cc1csc(C)n1. The largest absolute Gasteiger partial charge is 0.316 e. The molecule has 0 fully saturated rings. The first-order valence-electron chi connectivity index (χ1n) is 6.31. The van der Waals surface area contributed by atoms with Crippen molar-refractivity contribution in [2.45, 2.75) is 32.7 Å². The van der Waals surface area contributed by atoms with Crippen molar-refractivity contribution >= 4 is 11.3 Å². The molecule has 1 aromatic carbocycles. The summed E-state index contributed by atoms with van der Waals surface area (Å²) in [5, 5.41) is 6.70. The standard InChI is InChI=1S/C15H20N2S/c1-11-5-4-6-13(7-11)8-14(16-3)9-15-10-18-12(2)17-15/h4-7,10,14,16H,8-9H2,1-3H3. The minimum atomic E-state index is 0.452.